The molecule has 1 unspecified atom stereocenters. The zero-order chi connectivity index (χ0) is 23.4. The summed E-state index contributed by atoms with van der Waals surface area (Å²) in [5, 5.41) is 15.9. The zero-order valence-corrected chi connectivity index (χ0v) is 18.0. The Morgan fingerprint density at radius 3 is 2.79 bits per heavy atom. The fourth-order valence-electron chi connectivity index (χ4n) is 3.87. The Morgan fingerprint density at radius 2 is 2.06 bits per heavy atom. The molecule has 0 saturated carbocycles. The lowest BCUT2D eigenvalue weighted by Crippen LogP contribution is -2.51. The lowest BCUT2D eigenvalue weighted by molar-refractivity contribution is -0.130. The maximum Gasteiger partial charge on any atom is 0.408 e. The van der Waals surface area contributed by atoms with Crippen LogP contribution in [-0.4, -0.2) is 62.6 Å². The first-order chi connectivity index (χ1) is 15.9. The standard InChI is InChI=1S/C23H25N5O5/c1-14(21(29)25-12-16-9-15-11-24-8-7-19(15)27-16)26-22(30)20-10-18(13-28(20)23(31)32)33-17-5-3-2-4-6-17/h2-9,11,14,18,20,27H,10,12-13H2,1H3,(H,25,29)(H,26,30)(H,31,32)/t14-,18-,20?/m0/s1. The van der Waals surface area contributed by atoms with Crippen LogP contribution in [-0.2, 0) is 16.1 Å². The molecule has 172 valence electrons. The highest BCUT2D eigenvalue weighted by molar-refractivity contribution is 5.91. The summed E-state index contributed by atoms with van der Waals surface area (Å²) in [6.07, 6.45) is 1.94. The van der Waals surface area contributed by atoms with Crippen molar-refractivity contribution in [1.82, 2.24) is 25.5 Å². The lowest BCUT2D eigenvalue weighted by atomic mass is 10.1. The molecule has 0 radical (unpaired) electrons. The Labute approximate surface area is 189 Å². The van der Waals surface area contributed by atoms with E-state index < -0.39 is 30.2 Å². The van der Waals surface area contributed by atoms with Gasteiger partial charge in [0.2, 0.25) is 11.8 Å². The van der Waals surface area contributed by atoms with E-state index in [-0.39, 0.29) is 25.4 Å². The van der Waals surface area contributed by atoms with E-state index in [0.717, 1.165) is 21.5 Å². The van der Waals surface area contributed by atoms with Crippen LogP contribution in [0.4, 0.5) is 4.79 Å². The molecule has 1 saturated heterocycles. The molecule has 3 aromatic rings. The molecule has 4 N–H and O–H groups in total. The summed E-state index contributed by atoms with van der Waals surface area (Å²) >= 11 is 0. The molecule has 0 aliphatic carbocycles. The third-order valence-electron chi connectivity index (χ3n) is 5.54. The van der Waals surface area contributed by atoms with Gasteiger partial charge in [-0.15, -0.1) is 0 Å². The van der Waals surface area contributed by atoms with E-state index in [4.69, 9.17) is 4.74 Å². The number of aromatic nitrogens is 2. The monoisotopic (exact) mass is 451 g/mol. The number of fused-ring (bicyclic) bond motifs is 1. The van der Waals surface area contributed by atoms with Crippen molar-refractivity contribution < 1.29 is 24.2 Å². The van der Waals surface area contributed by atoms with E-state index in [9.17, 15) is 19.5 Å². The third kappa shape index (κ3) is 5.22. The molecule has 33 heavy (non-hydrogen) atoms. The molecule has 2 aromatic heterocycles. The number of nitrogens with zero attached hydrogens (tertiary/aromatic N) is 2. The second-order valence-corrected chi connectivity index (χ2v) is 7.94. The Hall–Kier alpha value is -4.08. The van der Waals surface area contributed by atoms with E-state index in [2.05, 4.69) is 20.6 Å². The number of hydrogen-bond acceptors (Lipinski definition) is 5. The van der Waals surface area contributed by atoms with Gasteiger partial charge < -0.3 is 25.5 Å². The summed E-state index contributed by atoms with van der Waals surface area (Å²) < 4.78 is 5.83. The van der Waals surface area contributed by atoms with Crippen molar-refractivity contribution in [3.8, 4) is 5.75 Å². The zero-order valence-electron chi connectivity index (χ0n) is 18.0. The molecule has 1 aliphatic rings. The lowest BCUT2D eigenvalue weighted by Gasteiger charge is -2.22. The topological polar surface area (TPSA) is 137 Å². The van der Waals surface area contributed by atoms with Gasteiger partial charge in [0.05, 0.1) is 13.1 Å². The average Bonchev–Trinajstić information content (AvgIpc) is 3.42. The fourth-order valence-corrected chi connectivity index (χ4v) is 3.87. The number of carboxylic acid groups (broad SMARTS) is 1. The Kier molecular flexibility index (Phi) is 6.43. The molecule has 4 rings (SSSR count). The van der Waals surface area contributed by atoms with Gasteiger partial charge in [-0.3, -0.25) is 19.5 Å². The maximum atomic E-state index is 12.8. The highest BCUT2D eigenvalue weighted by Gasteiger charge is 2.41. The van der Waals surface area contributed by atoms with Crippen LogP contribution in [0.25, 0.3) is 10.9 Å². The number of aromatic amines is 1. The van der Waals surface area contributed by atoms with Gasteiger partial charge in [-0.25, -0.2) is 4.79 Å². The van der Waals surface area contributed by atoms with Crippen LogP contribution < -0.4 is 15.4 Å². The van der Waals surface area contributed by atoms with Gasteiger partial charge in [0.1, 0.15) is 23.9 Å². The van der Waals surface area contributed by atoms with E-state index in [1.54, 1.807) is 31.5 Å². The van der Waals surface area contributed by atoms with Gasteiger partial charge in [-0.1, -0.05) is 18.2 Å². The quantitative estimate of drug-likeness (QED) is 0.433. The van der Waals surface area contributed by atoms with E-state index in [1.165, 1.54) is 0 Å². The smallest absolute Gasteiger partial charge is 0.408 e. The first kappa shape index (κ1) is 22.1. The minimum Gasteiger partial charge on any atom is -0.488 e. The summed E-state index contributed by atoms with van der Waals surface area (Å²) in [7, 11) is 0. The van der Waals surface area contributed by atoms with Gasteiger partial charge in [0, 0.05) is 35.4 Å². The number of carbonyl (C=O) groups is 3. The van der Waals surface area contributed by atoms with Crippen LogP contribution in [0.5, 0.6) is 5.75 Å². The number of benzene rings is 1. The van der Waals surface area contributed by atoms with Crippen LogP contribution >= 0.6 is 0 Å². The minimum atomic E-state index is -1.21. The largest absolute Gasteiger partial charge is 0.488 e. The minimum absolute atomic E-state index is 0.0676. The first-order valence-electron chi connectivity index (χ1n) is 10.6. The van der Waals surface area contributed by atoms with Crippen LogP contribution in [0.2, 0.25) is 0 Å². The number of nitrogens with one attached hydrogen (secondary N) is 3. The van der Waals surface area contributed by atoms with Gasteiger partial charge in [-0.2, -0.15) is 0 Å². The van der Waals surface area contributed by atoms with Gasteiger partial charge in [-0.05, 0) is 31.2 Å². The number of carbonyl (C=O) groups excluding carboxylic acids is 2. The predicted molar refractivity (Wildman–Crippen MR) is 120 cm³/mol. The summed E-state index contributed by atoms with van der Waals surface area (Å²) in [6.45, 7) is 1.88. The highest BCUT2D eigenvalue weighted by atomic mass is 16.5. The summed E-state index contributed by atoms with van der Waals surface area (Å²) in [4.78, 5) is 45.3. The summed E-state index contributed by atoms with van der Waals surface area (Å²) in [5.74, 6) is -0.303. The van der Waals surface area contributed by atoms with Crippen LogP contribution in [0.1, 0.15) is 19.0 Å². The molecule has 3 heterocycles. The van der Waals surface area contributed by atoms with E-state index in [1.807, 2.05) is 30.3 Å². The molecular formula is C23H25N5O5. The van der Waals surface area contributed by atoms with Crippen molar-refractivity contribution >= 4 is 28.8 Å². The molecule has 1 aliphatic heterocycles. The van der Waals surface area contributed by atoms with Gasteiger partial charge in [0.25, 0.3) is 0 Å². The summed E-state index contributed by atoms with van der Waals surface area (Å²) in [5.41, 5.74) is 1.72. The van der Waals surface area contributed by atoms with Crippen molar-refractivity contribution in [2.75, 3.05) is 6.54 Å². The SMILES string of the molecule is C[C@H](NC(=O)C1C[C@H](Oc2ccccc2)CN1C(=O)O)C(=O)NCc1cc2cnccc2[nH]1. The highest BCUT2D eigenvalue weighted by Crippen LogP contribution is 2.23. The van der Waals surface area contributed by atoms with E-state index in [0.29, 0.717) is 5.75 Å². The van der Waals surface area contributed by atoms with Gasteiger partial charge >= 0.3 is 6.09 Å². The molecule has 3 amide bonds. The molecule has 10 nitrogen and oxygen atoms in total. The molecule has 1 fully saturated rings. The van der Waals surface area contributed by atoms with Crippen molar-refractivity contribution in [3.63, 3.8) is 0 Å². The Morgan fingerprint density at radius 1 is 1.27 bits per heavy atom. The van der Waals surface area contributed by atoms with Gasteiger partial charge in [0.15, 0.2) is 0 Å². The van der Waals surface area contributed by atoms with Crippen molar-refractivity contribution in [3.05, 3.63) is 60.6 Å². The number of rotatable bonds is 7. The number of ether oxygens (including phenoxy) is 1. The Bertz CT molecular complexity index is 1120. The Balaban J connectivity index is 1.32. The van der Waals surface area contributed by atoms with Crippen molar-refractivity contribution in [1.29, 1.82) is 0 Å². The second-order valence-electron chi connectivity index (χ2n) is 7.94. The van der Waals surface area contributed by atoms with E-state index >= 15 is 0 Å². The average molecular weight is 451 g/mol. The number of hydrogen-bond donors (Lipinski definition) is 4. The number of amides is 3. The molecule has 10 heteroatoms. The van der Waals surface area contributed by atoms with Crippen molar-refractivity contribution in [2.45, 2.75) is 38.1 Å². The molecule has 3 atom stereocenters. The number of likely N-dealkylation sites (tertiary alicyclic amines) is 1. The molecular weight excluding hydrogens is 426 g/mol. The van der Waals surface area contributed by atoms with Crippen LogP contribution in [0, 0.1) is 0 Å². The van der Waals surface area contributed by atoms with Crippen LogP contribution in [0.3, 0.4) is 0 Å². The number of H-pyrrole nitrogens is 1. The third-order valence-corrected chi connectivity index (χ3v) is 5.54. The molecule has 1 aromatic carbocycles. The molecule has 0 spiro atoms. The predicted octanol–water partition coefficient (Wildman–Crippen LogP) is 1.88. The normalized spacial score (nSPS) is 18.6. The maximum absolute atomic E-state index is 12.8. The molecule has 0 bridgehead atoms. The first-order valence-corrected chi connectivity index (χ1v) is 10.6. The number of pyridine rings is 1. The summed E-state index contributed by atoms with van der Waals surface area (Å²) in [6, 6.07) is 11.0. The number of para-hydroxylation sites is 1. The second kappa shape index (κ2) is 9.60. The van der Waals surface area contributed by atoms with Crippen LogP contribution in [0.15, 0.2) is 54.9 Å². The fraction of sp³-hybridized carbons (Fsp3) is 0.304. The van der Waals surface area contributed by atoms with Crippen molar-refractivity contribution in [2.24, 2.45) is 0 Å².